The van der Waals surface area contributed by atoms with Gasteiger partial charge in [-0.05, 0) is 54.7 Å². The minimum absolute atomic E-state index is 0.613. The van der Waals surface area contributed by atoms with E-state index in [1.165, 1.54) is 24.8 Å². The fourth-order valence-electron chi connectivity index (χ4n) is 3.60. The van der Waals surface area contributed by atoms with Crippen molar-refractivity contribution in [3.8, 4) is 11.5 Å². The van der Waals surface area contributed by atoms with Crippen LogP contribution in [0.2, 0.25) is 5.02 Å². The minimum Gasteiger partial charge on any atom is -0.489 e. The van der Waals surface area contributed by atoms with Crippen LogP contribution >= 0.6 is 11.6 Å². The number of rotatable bonds is 5. The van der Waals surface area contributed by atoms with Gasteiger partial charge in [0.25, 0.3) is 0 Å². The molecule has 0 aliphatic carbocycles. The molecule has 2 aromatic rings. The smallest absolute Gasteiger partial charge is 0.179 e. The first-order chi connectivity index (χ1) is 13.3. The quantitative estimate of drug-likeness (QED) is 0.834. The molecule has 1 fully saturated rings. The van der Waals surface area contributed by atoms with Gasteiger partial charge in [-0.3, -0.25) is 0 Å². The van der Waals surface area contributed by atoms with Crippen molar-refractivity contribution in [3.63, 3.8) is 0 Å². The molecule has 1 saturated heterocycles. The number of hydrogen-bond donors (Lipinski definition) is 1. The van der Waals surface area contributed by atoms with E-state index in [2.05, 4.69) is 27.3 Å². The Balaban J connectivity index is 1.37. The van der Waals surface area contributed by atoms with E-state index in [1.807, 2.05) is 18.3 Å². The van der Waals surface area contributed by atoms with Gasteiger partial charge in [0.05, 0.1) is 18.2 Å². The monoisotopic (exact) mass is 387 g/mol. The highest BCUT2D eigenvalue weighted by Gasteiger charge is 2.16. The third-order valence-corrected chi connectivity index (χ3v) is 5.29. The Morgan fingerprint density at radius 3 is 2.67 bits per heavy atom. The fraction of sp³-hybridized carbons (Fsp3) is 0.476. The maximum atomic E-state index is 6.38. The zero-order valence-corrected chi connectivity index (χ0v) is 16.3. The van der Waals surface area contributed by atoms with Gasteiger partial charge in [0.15, 0.2) is 11.5 Å². The van der Waals surface area contributed by atoms with Gasteiger partial charge in [-0.15, -0.1) is 0 Å². The maximum absolute atomic E-state index is 6.38. The lowest BCUT2D eigenvalue weighted by Crippen LogP contribution is -2.30. The van der Waals surface area contributed by atoms with Crippen molar-refractivity contribution in [2.45, 2.75) is 38.8 Å². The Labute approximate surface area is 165 Å². The van der Waals surface area contributed by atoms with E-state index in [9.17, 15) is 0 Å². The van der Waals surface area contributed by atoms with E-state index in [1.54, 1.807) is 0 Å². The number of fused-ring (bicyclic) bond motifs is 1. The molecule has 27 heavy (non-hydrogen) atoms. The van der Waals surface area contributed by atoms with E-state index in [4.69, 9.17) is 21.1 Å². The summed E-state index contributed by atoms with van der Waals surface area (Å²) in [6.07, 6.45) is 6.63. The second-order valence-electron chi connectivity index (χ2n) is 7.13. The summed E-state index contributed by atoms with van der Waals surface area (Å²) < 4.78 is 11.5. The SMILES string of the molecule is Clc1cc(CNCc2ccnc(N3CCCCC3)c2)cc2c1OCCCO2. The molecule has 2 aliphatic heterocycles. The van der Waals surface area contributed by atoms with Gasteiger partial charge >= 0.3 is 0 Å². The summed E-state index contributed by atoms with van der Waals surface area (Å²) in [5.41, 5.74) is 2.33. The molecule has 0 unspecified atom stereocenters. The average molecular weight is 388 g/mol. The molecule has 1 aromatic carbocycles. The minimum atomic E-state index is 0.613. The summed E-state index contributed by atoms with van der Waals surface area (Å²) in [5, 5.41) is 4.11. The van der Waals surface area contributed by atoms with Gasteiger partial charge in [0.2, 0.25) is 0 Å². The van der Waals surface area contributed by atoms with Crippen molar-refractivity contribution >= 4 is 17.4 Å². The number of hydrogen-bond acceptors (Lipinski definition) is 5. The molecule has 1 aromatic heterocycles. The number of ether oxygens (including phenoxy) is 2. The molecule has 0 spiro atoms. The first-order valence-electron chi connectivity index (χ1n) is 9.78. The van der Waals surface area contributed by atoms with Crippen LogP contribution in [0.4, 0.5) is 5.82 Å². The van der Waals surface area contributed by atoms with Crippen LogP contribution in [-0.2, 0) is 13.1 Å². The Kier molecular flexibility index (Phi) is 6.00. The predicted octanol–water partition coefficient (Wildman–Crippen LogP) is 4.18. The summed E-state index contributed by atoms with van der Waals surface area (Å²) in [5.74, 6) is 2.50. The van der Waals surface area contributed by atoms with Gasteiger partial charge in [-0.25, -0.2) is 4.98 Å². The lowest BCUT2D eigenvalue weighted by Gasteiger charge is -2.27. The number of nitrogens with zero attached hydrogens (tertiary/aromatic N) is 2. The number of pyridine rings is 1. The highest BCUT2D eigenvalue weighted by atomic mass is 35.5. The van der Waals surface area contributed by atoms with E-state index in [-0.39, 0.29) is 0 Å². The zero-order chi connectivity index (χ0) is 18.5. The predicted molar refractivity (Wildman–Crippen MR) is 108 cm³/mol. The van der Waals surface area contributed by atoms with Crippen molar-refractivity contribution < 1.29 is 9.47 Å². The number of piperidine rings is 1. The van der Waals surface area contributed by atoms with Gasteiger partial charge in [0.1, 0.15) is 5.82 Å². The number of halogens is 1. The molecule has 1 N–H and O–H groups in total. The Hall–Kier alpha value is -1.98. The summed E-state index contributed by atoms with van der Waals surface area (Å²) in [6, 6.07) is 8.24. The van der Waals surface area contributed by atoms with Crippen LogP contribution < -0.4 is 19.7 Å². The molecule has 144 valence electrons. The summed E-state index contributed by atoms with van der Waals surface area (Å²) in [7, 11) is 0. The molecule has 2 aliphatic rings. The summed E-state index contributed by atoms with van der Waals surface area (Å²) >= 11 is 6.38. The number of anilines is 1. The topological polar surface area (TPSA) is 46.6 Å². The van der Waals surface area contributed by atoms with Gasteiger partial charge in [0, 0.05) is 38.8 Å². The Morgan fingerprint density at radius 2 is 1.78 bits per heavy atom. The Bertz CT molecular complexity index is 778. The second-order valence-corrected chi connectivity index (χ2v) is 7.54. The molecule has 0 radical (unpaired) electrons. The van der Waals surface area contributed by atoms with Crippen LogP contribution in [0.15, 0.2) is 30.5 Å². The number of aromatic nitrogens is 1. The fourth-order valence-corrected chi connectivity index (χ4v) is 3.89. The first-order valence-corrected chi connectivity index (χ1v) is 10.2. The lowest BCUT2D eigenvalue weighted by molar-refractivity contribution is 0.297. The van der Waals surface area contributed by atoms with Crippen molar-refractivity contribution in [2.75, 3.05) is 31.2 Å². The highest BCUT2D eigenvalue weighted by molar-refractivity contribution is 6.32. The lowest BCUT2D eigenvalue weighted by atomic mass is 10.1. The first kappa shape index (κ1) is 18.4. The van der Waals surface area contributed by atoms with Crippen molar-refractivity contribution in [2.24, 2.45) is 0 Å². The van der Waals surface area contributed by atoms with Crippen LogP contribution in [0, 0.1) is 0 Å². The number of nitrogens with one attached hydrogen (secondary N) is 1. The molecule has 6 heteroatoms. The summed E-state index contributed by atoms with van der Waals surface area (Å²) in [4.78, 5) is 6.93. The molecule has 3 heterocycles. The number of benzene rings is 1. The van der Waals surface area contributed by atoms with E-state index >= 15 is 0 Å². The average Bonchev–Trinajstić information content (AvgIpc) is 2.95. The van der Waals surface area contributed by atoms with Crippen LogP contribution in [0.25, 0.3) is 0 Å². The highest BCUT2D eigenvalue weighted by Crippen LogP contribution is 2.38. The Morgan fingerprint density at radius 1 is 0.963 bits per heavy atom. The van der Waals surface area contributed by atoms with E-state index < -0.39 is 0 Å². The molecule has 0 bridgehead atoms. The third kappa shape index (κ3) is 4.66. The standard InChI is InChI=1S/C21H26ClN3O2/c22-18-11-17(12-19-21(18)27-10-4-9-26-19)15-23-14-16-5-6-24-20(13-16)25-7-2-1-3-8-25/h5-6,11-13,23H,1-4,7-10,14-15H2. The van der Waals surface area contributed by atoms with Crippen molar-refractivity contribution in [1.29, 1.82) is 0 Å². The molecule has 0 atom stereocenters. The van der Waals surface area contributed by atoms with Crippen LogP contribution in [0.5, 0.6) is 11.5 Å². The molecular weight excluding hydrogens is 362 g/mol. The molecular formula is C21H26ClN3O2. The summed E-state index contributed by atoms with van der Waals surface area (Å²) in [6.45, 7) is 5.04. The van der Waals surface area contributed by atoms with Gasteiger partial charge in [-0.1, -0.05) is 11.6 Å². The molecule has 0 saturated carbocycles. The second kappa shape index (κ2) is 8.81. The van der Waals surface area contributed by atoms with E-state index in [0.717, 1.165) is 49.7 Å². The van der Waals surface area contributed by atoms with E-state index in [0.29, 0.717) is 24.0 Å². The van der Waals surface area contributed by atoms with Crippen LogP contribution in [0.1, 0.15) is 36.8 Å². The largest absolute Gasteiger partial charge is 0.489 e. The van der Waals surface area contributed by atoms with Gasteiger partial charge < -0.3 is 19.7 Å². The molecule has 4 rings (SSSR count). The third-order valence-electron chi connectivity index (χ3n) is 5.01. The zero-order valence-electron chi connectivity index (χ0n) is 15.5. The van der Waals surface area contributed by atoms with Crippen molar-refractivity contribution in [1.82, 2.24) is 10.3 Å². The molecule has 0 amide bonds. The van der Waals surface area contributed by atoms with Crippen LogP contribution in [-0.4, -0.2) is 31.3 Å². The normalized spacial score (nSPS) is 16.9. The van der Waals surface area contributed by atoms with Crippen molar-refractivity contribution in [3.05, 3.63) is 46.6 Å². The maximum Gasteiger partial charge on any atom is 0.179 e. The molecule has 5 nitrogen and oxygen atoms in total. The van der Waals surface area contributed by atoms with Gasteiger partial charge in [-0.2, -0.15) is 0 Å². The van der Waals surface area contributed by atoms with Crippen LogP contribution in [0.3, 0.4) is 0 Å².